The molecule has 1 saturated carbocycles. The number of carbonyl (C=O) groups is 1. The normalized spacial score (nSPS) is 21.4. The van der Waals surface area contributed by atoms with Crippen molar-refractivity contribution in [2.24, 2.45) is 5.92 Å². The maximum Gasteiger partial charge on any atom is 0.273 e. The molecule has 1 fully saturated rings. The van der Waals surface area contributed by atoms with E-state index in [4.69, 9.17) is 14.5 Å². The van der Waals surface area contributed by atoms with Gasteiger partial charge in [0.05, 0.1) is 23.7 Å². The van der Waals surface area contributed by atoms with Crippen LogP contribution in [0.4, 0.5) is 0 Å². The Kier molecular flexibility index (Phi) is 9.11. The second-order valence-electron chi connectivity index (χ2n) is 9.13. The summed E-state index contributed by atoms with van der Waals surface area (Å²) >= 11 is 3.31. The molecule has 2 aliphatic rings. The zero-order valence-electron chi connectivity index (χ0n) is 19.8. The number of nitrogens with zero attached hydrogens (tertiary/aromatic N) is 3. The van der Waals surface area contributed by atoms with Gasteiger partial charge in [-0.25, -0.2) is 9.97 Å². The molecule has 0 spiro atoms. The lowest BCUT2D eigenvalue weighted by atomic mass is 9.84. The summed E-state index contributed by atoms with van der Waals surface area (Å²) in [6.07, 6.45) is 10.3. The van der Waals surface area contributed by atoms with Gasteiger partial charge in [-0.2, -0.15) is 0 Å². The highest BCUT2D eigenvalue weighted by Gasteiger charge is 2.24. The topological polar surface area (TPSA) is 76.6 Å². The van der Waals surface area contributed by atoms with Crippen LogP contribution in [0.2, 0.25) is 0 Å². The van der Waals surface area contributed by atoms with Gasteiger partial charge in [0.1, 0.15) is 6.61 Å². The molecule has 3 heterocycles. The van der Waals surface area contributed by atoms with Gasteiger partial charge in [-0.15, -0.1) is 11.3 Å². The largest absolute Gasteiger partial charge is 0.468 e. The van der Waals surface area contributed by atoms with E-state index in [0.29, 0.717) is 25.7 Å². The van der Waals surface area contributed by atoms with E-state index >= 15 is 0 Å². The molecule has 33 heavy (non-hydrogen) atoms. The van der Waals surface area contributed by atoms with Crippen LogP contribution in [0.15, 0.2) is 6.20 Å². The van der Waals surface area contributed by atoms with E-state index in [9.17, 15) is 4.79 Å². The quantitative estimate of drug-likeness (QED) is 0.511. The van der Waals surface area contributed by atoms with Crippen LogP contribution in [0.25, 0.3) is 0 Å². The van der Waals surface area contributed by atoms with E-state index < -0.39 is 0 Å². The predicted molar refractivity (Wildman–Crippen MR) is 132 cm³/mol. The molecule has 9 heteroatoms. The monoisotopic (exact) mass is 492 g/mol. The molecular formula is C24H36N4O3S2. The Morgan fingerprint density at radius 3 is 2.76 bits per heavy atom. The smallest absolute Gasteiger partial charge is 0.273 e. The first-order valence-electron chi connectivity index (χ1n) is 12.1. The summed E-state index contributed by atoms with van der Waals surface area (Å²) in [6, 6.07) is 0.336. The Bertz CT molecular complexity index is 867. The summed E-state index contributed by atoms with van der Waals surface area (Å²) in [6.45, 7) is 6.49. The summed E-state index contributed by atoms with van der Waals surface area (Å²) in [5.41, 5.74) is 1.22. The highest BCUT2D eigenvalue weighted by atomic mass is 32.1. The molecule has 0 bridgehead atoms. The van der Waals surface area contributed by atoms with Crippen molar-refractivity contribution in [3.63, 3.8) is 0 Å². The lowest BCUT2D eigenvalue weighted by Crippen LogP contribution is -2.38. The number of aromatic nitrogens is 2. The molecule has 1 amide bonds. The summed E-state index contributed by atoms with van der Waals surface area (Å²) < 4.78 is 10.7. The average Bonchev–Trinajstić information content (AvgIpc) is 3.34. The van der Waals surface area contributed by atoms with Crippen LogP contribution in [0.1, 0.15) is 52.6 Å². The molecule has 1 aliphatic heterocycles. The summed E-state index contributed by atoms with van der Waals surface area (Å²) in [5.74, 6) is 0.915. The average molecular weight is 493 g/mol. The first-order valence-corrected chi connectivity index (χ1v) is 13.8. The minimum atomic E-state index is 0.139. The van der Waals surface area contributed by atoms with Crippen molar-refractivity contribution in [1.29, 1.82) is 0 Å². The molecule has 2 aromatic heterocycles. The van der Waals surface area contributed by atoms with Gasteiger partial charge in [-0.05, 0) is 57.9 Å². The minimum Gasteiger partial charge on any atom is -0.468 e. The van der Waals surface area contributed by atoms with Crippen LogP contribution in [-0.2, 0) is 28.8 Å². The number of amides is 1. The van der Waals surface area contributed by atoms with Gasteiger partial charge >= 0.3 is 0 Å². The number of methoxy groups -OCH3 is 1. The van der Waals surface area contributed by atoms with E-state index in [1.807, 2.05) is 13.1 Å². The van der Waals surface area contributed by atoms with E-state index in [1.165, 1.54) is 36.4 Å². The fraction of sp³-hybridized carbons (Fsp3) is 0.708. The number of ether oxygens (including phenoxy) is 2. The van der Waals surface area contributed by atoms with Gasteiger partial charge in [0.25, 0.3) is 5.19 Å². The molecule has 1 N–H and O–H groups in total. The third kappa shape index (κ3) is 7.47. The molecule has 1 aliphatic carbocycles. The lowest BCUT2D eigenvalue weighted by molar-refractivity contribution is -0.121. The van der Waals surface area contributed by atoms with Gasteiger partial charge in [0.2, 0.25) is 5.91 Å². The molecule has 4 rings (SSSR count). The molecule has 0 aromatic carbocycles. The van der Waals surface area contributed by atoms with Crippen molar-refractivity contribution in [3.8, 4) is 5.19 Å². The van der Waals surface area contributed by atoms with E-state index in [1.54, 1.807) is 29.8 Å². The number of nitrogens with one attached hydrogen (secondary N) is 1. The van der Waals surface area contributed by atoms with Crippen LogP contribution >= 0.6 is 22.7 Å². The zero-order chi connectivity index (χ0) is 23.0. The third-order valence-electron chi connectivity index (χ3n) is 6.66. The predicted octanol–water partition coefficient (Wildman–Crippen LogP) is 3.64. The van der Waals surface area contributed by atoms with Crippen LogP contribution in [0, 0.1) is 12.8 Å². The molecular weight excluding hydrogens is 456 g/mol. The molecule has 2 aromatic rings. The number of hydrogen-bond donors (Lipinski definition) is 1. The SMILES string of the molecule is COCCOc1nc2c(s1)CCN(CC[C@H]1CC[C@H](NC(=O)Cc3cnc(C)s3)CC1)CC2. The Balaban J connectivity index is 1.12. The van der Waals surface area contributed by atoms with Crippen molar-refractivity contribution in [3.05, 3.63) is 26.7 Å². The van der Waals surface area contributed by atoms with Crippen molar-refractivity contribution in [2.75, 3.05) is 40.0 Å². The second kappa shape index (κ2) is 12.2. The molecule has 7 nitrogen and oxygen atoms in total. The lowest BCUT2D eigenvalue weighted by Gasteiger charge is -2.30. The number of rotatable bonds is 10. The zero-order valence-corrected chi connectivity index (χ0v) is 21.4. The maximum atomic E-state index is 12.3. The van der Waals surface area contributed by atoms with Crippen LogP contribution in [-0.4, -0.2) is 66.8 Å². The molecule has 0 atom stereocenters. The summed E-state index contributed by atoms with van der Waals surface area (Å²) in [5, 5.41) is 5.05. The van der Waals surface area contributed by atoms with Crippen molar-refractivity contribution in [1.82, 2.24) is 20.2 Å². The minimum absolute atomic E-state index is 0.139. The number of hydrogen-bond acceptors (Lipinski definition) is 8. The number of fused-ring (bicyclic) bond motifs is 1. The second-order valence-corrected chi connectivity index (χ2v) is 11.5. The van der Waals surface area contributed by atoms with Crippen LogP contribution in [0.5, 0.6) is 5.19 Å². The van der Waals surface area contributed by atoms with Gasteiger partial charge in [0, 0.05) is 48.6 Å². The molecule has 182 valence electrons. The maximum absolute atomic E-state index is 12.3. The third-order valence-corrected chi connectivity index (χ3v) is 8.64. The number of thiazole rings is 2. The molecule has 0 radical (unpaired) electrons. The number of carbonyl (C=O) groups excluding carboxylic acids is 1. The van der Waals surface area contributed by atoms with E-state index in [0.717, 1.165) is 59.8 Å². The van der Waals surface area contributed by atoms with Gasteiger partial charge in [-0.3, -0.25) is 4.79 Å². The molecule has 0 unspecified atom stereocenters. The van der Waals surface area contributed by atoms with E-state index in [-0.39, 0.29) is 5.91 Å². The summed E-state index contributed by atoms with van der Waals surface area (Å²) in [7, 11) is 1.69. The highest BCUT2D eigenvalue weighted by molar-refractivity contribution is 7.13. The van der Waals surface area contributed by atoms with E-state index in [2.05, 4.69) is 15.2 Å². The number of aryl methyl sites for hydroxylation is 1. The van der Waals surface area contributed by atoms with Crippen LogP contribution in [0.3, 0.4) is 0 Å². The summed E-state index contributed by atoms with van der Waals surface area (Å²) in [4.78, 5) is 26.3. The Labute approximate surface area is 204 Å². The standard InChI is InChI=1S/C24H36N4O3S2/c1-17-25-16-20(32-17)15-23(29)26-19-5-3-18(4-6-19)7-10-28-11-8-21-22(9-12-28)33-24(27-21)31-14-13-30-2/h16,18-19H,3-15H2,1-2H3,(H,26,29)/t18-,19-. The van der Waals surface area contributed by atoms with Crippen LogP contribution < -0.4 is 10.1 Å². The Hall–Kier alpha value is -1.55. The van der Waals surface area contributed by atoms with Gasteiger partial charge in [-0.1, -0.05) is 11.3 Å². The van der Waals surface area contributed by atoms with Crippen molar-refractivity contribution in [2.45, 2.75) is 64.3 Å². The highest BCUT2D eigenvalue weighted by Crippen LogP contribution is 2.30. The van der Waals surface area contributed by atoms with Gasteiger partial charge < -0.3 is 19.7 Å². The van der Waals surface area contributed by atoms with Crippen molar-refractivity contribution >= 4 is 28.6 Å². The first-order chi connectivity index (χ1) is 16.1. The molecule has 0 saturated heterocycles. The van der Waals surface area contributed by atoms with Gasteiger partial charge in [0.15, 0.2) is 0 Å². The Morgan fingerprint density at radius 1 is 1.18 bits per heavy atom. The fourth-order valence-electron chi connectivity index (χ4n) is 4.77. The van der Waals surface area contributed by atoms with Crippen molar-refractivity contribution < 1.29 is 14.3 Å². The Morgan fingerprint density at radius 2 is 2.00 bits per heavy atom. The fourth-order valence-corrected chi connectivity index (χ4v) is 6.53. The first kappa shape index (κ1) is 24.6.